The van der Waals surface area contributed by atoms with E-state index >= 15 is 0 Å². The minimum absolute atomic E-state index is 0.0551. The molecule has 0 heterocycles. The van der Waals surface area contributed by atoms with Gasteiger partial charge >= 0.3 is 0 Å². The highest BCUT2D eigenvalue weighted by molar-refractivity contribution is 6.30. The van der Waals surface area contributed by atoms with Crippen LogP contribution in [0.4, 0.5) is 10.1 Å². The van der Waals surface area contributed by atoms with Gasteiger partial charge in [-0.1, -0.05) is 23.7 Å². The van der Waals surface area contributed by atoms with Gasteiger partial charge in [-0.15, -0.1) is 0 Å². The van der Waals surface area contributed by atoms with Crippen LogP contribution in [0.1, 0.15) is 17.2 Å². The summed E-state index contributed by atoms with van der Waals surface area (Å²) in [6, 6.07) is 12.4. The second-order valence-electron chi connectivity index (χ2n) is 4.45. The molecular formula is C15H16ClFN2. The van der Waals surface area contributed by atoms with Gasteiger partial charge in [0, 0.05) is 17.3 Å². The Hall–Kier alpha value is -1.58. The molecule has 1 unspecified atom stereocenters. The molecule has 0 bridgehead atoms. The number of hydrogen-bond donors (Lipinski definition) is 2. The summed E-state index contributed by atoms with van der Waals surface area (Å²) in [7, 11) is 0. The number of rotatable bonds is 4. The standard InChI is InChI=1S/C15H16ClFN2/c1-10-8-11(2-7-14(10)17)15(9-18)19-13-5-3-12(16)4-6-13/h2-8,15,19H,9,18H2,1H3. The lowest BCUT2D eigenvalue weighted by Gasteiger charge is -2.19. The molecule has 2 nitrogen and oxygen atoms in total. The van der Waals surface area contributed by atoms with E-state index in [9.17, 15) is 4.39 Å². The van der Waals surface area contributed by atoms with E-state index in [1.165, 1.54) is 6.07 Å². The van der Waals surface area contributed by atoms with Crippen molar-refractivity contribution < 1.29 is 4.39 Å². The largest absolute Gasteiger partial charge is 0.377 e. The molecular weight excluding hydrogens is 263 g/mol. The van der Waals surface area contributed by atoms with E-state index in [0.29, 0.717) is 17.1 Å². The number of nitrogens with one attached hydrogen (secondary N) is 1. The maximum Gasteiger partial charge on any atom is 0.126 e. The average Bonchev–Trinajstić information content (AvgIpc) is 2.41. The quantitative estimate of drug-likeness (QED) is 0.890. The first-order valence-corrected chi connectivity index (χ1v) is 6.46. The molecule has 0 aliphatic rings. The fourth-order valence-corrected chi connectivity index (χ4v) is 2.04. The van der Waals surface area contributed by atoms with Gasteiger partial charge in [0.2, 0.25) is 0 Å². The summed E-state index contributed by atoms with van der Waals surface area (Å²) in [6.45, 7) is 2.17. The summed E-state index contributed by atoms with van der Waals surface area (Å²) in [6.07, 6.45) is 0. The van der Waals surface area contributed by atoms with Crippen molar-refractivity contribution in [2.24, 2.45) is 5.73 Å². The van der Waals surface area contributed by atoms with Gasteiger partial charge < -0.3 is 11.1 Å². The molecule has 2 aromatic carbocycles. The number of nitrogens with two attached hydrogens (primary N) is 1. The van der Waals surface area contributed by atoms with Gasteiger partial charge in [0.15, 0.2) is 0 Å². The van der Waals surface area contributed by atoms with Gasteiger partial charge in [-0.05, 0) is 48.4 Å². The van der Waals surface area contributed by atoms with Crippen molar-refractivity contribution in [3.05, 3.63) is 64.4 Å². The predicted molar refractivity (Wildman–Crippen MR) is 78.0 cm³/mol. The second kappa shape index (κ2) is 6.04. The van der Waals surface area contributed by atoms with Gasteiger partial charge in [0.25, 0.3) is 0 Å². The third-order valence-electron chi connectivity index (χ3n) is 3.01. The Kier molecular flexibility index (Phi) is 4.40. The van der Waals surface area contributed by atoms with Crippen molar-refractivity contribution in [2.75, 3.05) is 11.9 Å². The van der Waals surface area contributed by atoms with Crippen LogP contribution in [0.2, 0.25) is 5.02 Å². The lowest BCUT2D eigenvalue weighted by atomic mass is 10.0. The molecule has 3 N–H and O–H groups in total. The van der Waals surface area contributed by atoms with Crippen LogP contribution in [0.3, 0.4) is 0 Å². The molecule has 0 fully saturated rings. The van der Waals surface area contributed by atoms with Gasteiger partial charge in [0.1, 0.15) is 5.82 Å². The zero-order valence-corrected chi connectivity index (χ0v) is 11.4. The highest BCUT2D eigenvalue weighted by Gasteiger charge is 2.10. The Morgan fingerprint density at radius 3 is 2.47 bits per heavy atom. The van der Waals surface area contributed by atoms with Crippen molar-refractivity contribution in [2.45, 2.75) is 13.0 Å². The molecule has 0 aliphatic heterocycles. The monoisotopic (exact) mass is 278 g/mol. The van der Waals surface area contributed by atoms with Crippen LogP contribution in [-0.2, 0) is 0 Å². The van der Waals surface area contributed by atoms with E-state index < -0.39 is 0 Å². The number of hydrogen-bond acceptors (Lipinski definition) is 2. The highest BCUT2D eigenvalue weighted by atomic mass is 35.5. The molecule has 0 saturated heterocycles. The van der Waals surface area contributed by atoms with Crippen molar-refractivity contribution in [1.29, 1.82) is 0 Å². The SMILES string of the molecule is Cc1cc(C(CN)Nc2ccc(Cl)cc2)ccc1F. The van der Waals surface area contributed by atoms with Gasteiger partial charge in [-0.25, -0.2) is 4.39 Å². The lowest BCUT2D eigenvalue weighted by molar-refractivity contribution is 0.616. The van der Waals surface area contributed by atoms with E-state index in [1.54, 1.807) is 13.0 Å². The van der Waals surface area contributed by atoms with E-state index in [4.69, 9.17) is 17.3 Å². The van der Waals surface area contributed by atoms with E-state index in [2.05, 4.69) is 5.32 Å². The summed E-state index contributed by atoms with van der Waals surface area (Å²) >= 11 is 5.84. The van der Waals surface area contributed by atoms with Gasteiger partial charge in [-0.2, -0.15) is 0 Å². The third-order valence-corrected chi connectivity index (χ3v) is 3.26. The van der Waals surface area contributed by atoms with Crippen molar-refractivity contribution >= 4 is 17.3 Å². The number of halogens is 2. The average molecular weight is 279 g/mol. The second-order valence-corrected chi connectivity index (χ2v) is 4.88. The van der Waals surface area contributed by atoms with Crippen molar-refractivity contribution in [3.63, 3.8) is 0 Å². The minimum atomic E-state index is -0.203. The maximum atomic E-state index is 13.3. The van der Waals surface area contributed by atoms with Crippen molar-refractivity contribution in [3.8, 4) is 0 Å². The third kappa shape index (κ3) is 3.46. The first-order chi connectivity index (χ1) is 9.10. The van der Waals surface area contributed by atoms with Crippen molar-refractivity contribution in [1.82, 2.24) is 0 Å². The molecule has 0 aliphatic carbocycles. The van der Waals surface area contributed by atoms with Crippen LogP contribution in [0, 0.1) is 12.7 Å². The Morgan fingerprint density at radius 2 is 1.89 bits per heavy atom. The van der Waals surface area contributed by atoms with E-state index in [1.807, 2.05) is 30.3 Å². The molecule has 1 atom stereocenters. The molecule has 0 aromatic heterocycles. The maximum absolute atomic E-state index is 13.3. The van der Waals surface area contributed by atoms with Gasteiger partial charge in [0.05, 0.1) is 6.04 Å². The molecule has 0 radical (unpaired) electrons. The predicted octanol–water partition coefficient (Wildman–Crippen LogP) is 3.90. The first-order valence-electron chi connectivity index (χ1n) is 6.08. The smallest absolute Gasteiger partial charge is 0.126 e. The topological polar surface area (TPSA) is 38.0 Å². The van der Waals surface area contributed by atoms with Crippen LogP contribution in [-0.4, -0.2) is 6.54 Å². The molecule has 100 valence electrons. The number of benzene rings is 2. The highest BCUT2D eigenvalue weighted by Crippen LogP contribution is 2.22. The van der Waals surface area contributed by atoms with Crippen LogP contribution in [0.5, 0.6) is 0 Å². The zero-order chi connectivity index (χ0) is 13.8. The van der Waals surface area contributed by atoms with E-state index in [0.717, 1.165) is 11.3 Å². The Labute approximate surface area is 117 Å². The summed E-state index contributed by atoms with van der Waals surface area (Å²) in [5.74, 6) is -0.203. The molecule has 2 aromatic rings. The molecule has 0 amide bonds. The Balaban J connectivity index is 2.19. The summed E-state index contributed by atoms with van der Waals surface area (Å²) in [5.41, 5.74) is 8.31. The van der Waals surface area contributed by atoms with Crippen LogP contribution in [0.15, 0.2) is 42.5 Å². The fraction of sp³-hybridized carbons (Fsp3) is 0.200. The summed E-state index contributed by atoms with van der Waals surface area (Å²) in [5, 5.41) is 4.00. The molecule has 0 spiro atoms. The summed E-state index contributed by atoms with van der Waals surface area (Å²) < 4.78 is 13.3. The van der Waals surface area contributed by atoms with E-state index in [-0.39, 0.29) is 11.9 Å². The Bertz CT molecular complexity index is 555. The normalized spacial score (nSPS) is 12.2. The molecule has 4 heteroatoms. The van der Waals surface area contributed by atoms with Crippen LogP contribution < -0.4 is 11.1 Å². The number of aryl methyl sites for hydroxylation is 1. The van der Waals surface area contributed by atoms with Crippen LogP contribution >= 0.6 is 11.6 Å². The Morgan fingerprint density at radius 1 is 1.21 bits per heavy atom. The summed E-state index contributed by atoms with van der Waals surface area (Å²) in [4.78, 5) is 0. The molecule has 19 heavy (non-hydrogen) atoms. The zero-order valence-electron chi connectivity index (χ0n) is 10.7. The fourth-order valence-electron chi connectivity index (χ4n) is 1.91. The van der Waals surface area contributed by atoms with Crippen LogP contribution in [0.25, 0.3) is 0 Å². The molecule has 0 saturated carbocycles. The molecule has 2 rings (SSSR count). The number of anilines is 1. The lowest BCUT2D eigenvalue weighted by Crippen LogP contribution is -2.20. The first kappa shape index (κ1) is 13.8. The van der Waals surface area contributed by atoms with Gasteiger partial charge in [-0.3, -0.25) is 0 Å². The minimum Gasteiger partial charge on any atom is -0.377 e.